The molecule has 0 saturated carbocycles. The molecular formula is C13H17BrFNO2. The molecule has 0 aliphatic heterocycles. The van der Waals surface area contributed by atoms with E-state index in [1.54, 1.807) is 6.07 Å². The Bertz CT molecular complexity index is 412. The smallest absolute Gasteiger partial charge is 0.305 e. The van der Waals surface area contributed by atoms with Gasteiger partial charge in [0, 0.05) is 17.4 Å². The average Bonchev–Trinajstić information content (AvgIpc) is 2.33. The molecule has 0 spiro atoms. The highest BCUT2D eigenvalue weighted by Gasteiger charge is 2.07. The van der Waals surface area contributed by atoms with Crippen molar-refractivity contribution in [3.05, 3.63) is 34.1 Å². The zero-order chi connectivity index (χ0) is 13.5. The van der Waals surface area contributed by atoms with E-state index in [1.807, 2.05) is 11.9 Å². The largest absolute Gasteiger partial charge is 0.469 e. The summed E-state index contributed by atoms with van der Waals surface area (Å²) >= 11 is 3.39. The van der Waals surface area contributed by atoms with E-state index in [0.717, 1.165) is 23.0 Å². The van der Waals surface area contributed by atoms with Crippen LogP contribution in [0.2, 0.25) is 0 Å². The molecule has 3 nitrogen and oxygen atoms in total. The lowest BCUT2D eigenvalue weighted by Gasteiger charge is -2.17. The Labute approximate surface area is 115 Å². The summed E-state index contributed by atoms with van der Waals surface area (Å²) in [5, 5.41) is 0. The van der Waals surface area contributed by atoms with Gasteiger partial charge in [-0.05, 0) is 43.8 Å². The molecule has 0 N–H and O–H groups in total. The van der Waals surface area contributed by atoms with Crippen molar-refractivity contribution in [1.82, 2.24) is 4.90 Å². The van der Waals surface area contributed by atoms with Gasteiger partial charge < -0.3 is 9.64 Å². The predicted molar refractivity (Wildman–Crippen MR) is 71.7 cm³/mol. The van der Waals surface area contributed by atoms with E-state index in [0.29, 0.717) is 13.0 Å². The molecular weight excluding hydrogens is 301 g/mol. The lowest BCUT2D eigenvalue weighted by atomic mass is 10.2. The third-order valence-corrected chi connectivity index (χ3v) is 3.37. The minimum atomic E-state index is -0.240. The fourth-order valence-electron chi connectivity index (χ4n) is 1.63. The number of hydrogen-bond donors (Lipinski definition) is 0. The molecule has 0 saturated heterocycles. The van der Waals surface area contributed by atoms with Crippen molar-refractivity contribution in [2.75, 3.05) is 20.7 Å². The van der Waals surface area contributed by atoms with Gasteiger partial charge in [0.05, 0.1) is 7.11 Å². The van der Waals surface area contributed by atoms with E-state index in [2.05, 4.69) is 20.7 Å². The molecule has 0 heterocycles. The fraction of sp³-hybridized carbons (Fsp3) is 0.462. The zero-order valence-electron chi connectivity index (χ0n) is 10.6. The molecule has 0 aliphatic carbocycles. The van der Waals surface area contributed by atoms with Crippen LogP contribution in [0.3, 0.4) is 0 Å². The van der Waals surface area contributed by atoms with Gasteiger partial charge in [-0.15, -0.1) is 0 Å². The Morgan fingerprint density at radius 1 is 1.50 bits per heavy atom. The van der Waals surface area contributed by atoms with Crippen LogP contribution in [0.5, 0.6) is 0 Å². The standard InChI is InChI=1S/C13H17BrFNO2/c1-16(7-3-4-13(17)18-2)9-10-8-11(15)5-6-12(10)14/h5-6,8H,3-4,7,9H2,1-2H3. The molecule has 0 radical (unpaired) electrons. The maximum absolute atomic E-state index is 13.1. The maximum Gasteiger partial charge on any atom is 0.305 e. The molecule has 0 bridgehead atoms. The van der Waals surface area contributed by atoms with Gasteiger partial charge in [0.1, 0.15) is 5.82 Å². The Morgan fingerprint density at radius 3 is 2.89 bits per heavy atom. The second-order valence-electron chi connectivity index (χ2n) is 4.15. The van der Waals surface area contributed by atoms with Crippen molar-refractivity contribution in [2.45, 2.75) is 19.4 Å². The number of methoxy groups -OCH3 is 1. The topological polar surface area (TPSA) is 29.5 Å². The number of rotatable bonds is 6. The molecule has 0 amide bonds. The predicted octanol–water partition coefficient (Wildman–Crippen LogP) is 2.97. The van der Waals surface area contributed by atoms with Crippen LogP contribution >= 0.6 is 15.9 Å². The van der Waals surface area contributed by atoms with Crippen molar-refractivity contribution in [2.24, 2.45) is 0 Å². The average molecular weight is 318 g/mol. The Balaban J connectivity index is 2.42. The minimum Gasteiger partial charge on any atom is -0.469 e. The van der Waals surface area contributed by atoms with Crippen LogP contribution in [0.4, 0.5) is 4.39 Å². The molecule has 0 unspecified atom stereocenters. The van der Waals surface area contributed by atoms with Crippen molar-refractivity contribution < 1.29 is 13.9 Å². The highest BCUT2D eigenvalue weighted by Crippen LogP contribution is 2.19. The lowest BCUT2D eigenvalue weighted by Crippen LogP contribution is -2.20. The SMILES string of the molecule is COC(=O)CCCN(C)Cc1cc(F)ccc1Br. The quantitative estimate of drug-likeness (QED) is 0.755. The van der Waals surface area contributed by atoms with Gasteiger partial charge in [-0.3, -0.25) is 4.79 Å². The van der Waals surface area contributed by atoms with Gasteiger partial charge in [-0.1, -0.05) is 15.9 Å². The van der Waals surface area contributed by atoms with Crippen molar-refractivity contribution in [1.29, 1.82) is 0 Å². The Kier molecular flexibility index (Phi) is 6.29. The number of carbonyl (C=O) groups excluding carboxylic acids is 1. The third kappa shape index (κ3) is 5.14. The van der Waals surface area contributed by atoms with E-state index in [1.165, 1.54) is 19.2 Å². The second kappa shape index (κ2) is 7.48. The molecule has 5 heteroatoms. The van der Waals surface area contributed by atoms with Crippen LogP contribution in [0.25, 0.3) is 0 Å². The van der Waals surface area contributed by atoms with Crippen LogP contribution in [-0.4, -0.2) is 31.6 Å². The van der Waals surface area contributed by atoms with Gasteiger partial charge in [-0.2, -0.15) is 0 Å². The Morgan fingerprint density at radius 2 is 2.22 bits per heavy atom. The number of carbonyl (C=O) groups is 1. The highest BCUT2D eigenvalue weighted by molar-refractivity contribution is 9.10. The first-order valence-electron chi connectivity index (χ1n) is 5.72. The van der Waals surface area contributed by atoms with Gasteiger partial charge >= 0.3 is 5.97 Å². The number of nitrogens with zero attached hydrogens (tertiary/aromatic N) is 1. The summed E-state index contributed by atoms with van der Waals surface area (Å²) in [6.45, 7) is 1.40. The third-order valence-electron chi connectivity index (χ3n) is 2.60. The van der Waals surface area contributed by atoms with Crippen molar-refractivity contribution in [3.8, 4) is 0 Å². The van der Waals surface area contributed by atoms with Gasteiger partial charge in [0.25, 0.3) is 0 Å². The normalized spacial score (nSPS) is 10.7. The van der Waals surface area contributed by atoms with Crippen LogP contribution in [0, 0.1) is 5.82 Å². The molecule has 18 heavy (non-hydrogen) atoms. The Hall–Kier alpha value is -0.940. The van der Waals surface area contributed by atoms with Gasteiger partial charge in [0.15, 0.2) is 0 Å². The first-order chi connectivity index (χ1) is 8.52. The number of benzene rings is 1. The maximum atomic E-state index is 13.1. The fourth-order valence-corrected chi connectivity index (χ4v) is 2.00. The van der Waals surface area contributed by atoms with E-state index < -0.39 is 0 Å². The highest BCUT2D eigenvalue weighted by atomic mass is 79.9. The minimum absolute atomic E-state index is 0.199. The molecule has 0 aliphatic rings. The summed E-state index contributed by atoms with van der Waals surface area (Å²) in [7, 11) is 3.32. The second-order valence-corrected chi connectivity index (χ2v) is 5.01. The zero-order valence-corrected chi connectivity index (χ0v) is 12.2. The molecule has 0 atom stereocenters. The molecule has 1 rings (SSSR count). The van der Waals surface area contributed by atoms with Gasteiger partial charge in [-0.25, -0.2) is 4.39 Å². The van der Waals surface area contributed by atoms with E-state index >= 15 is 0 Å². The van der Waals surface area contributed by atoms with Gasteiger partial charge in [0.2, 0.25) is 0 Å². The summed E-state index contributed by atoms with van der Waals surface area (Å²) in [5.41, 5.74) is 0.899. The van der Waals surface area contributed by atoms with E-state index in [-0.39, 0.29) is 11.8 Å². The van der Waals surface area contributed by atoms with Crippen molar-refractivity contribution in [3.63, 3.8) is 0 Å². The molecule has 100 valence electrons. The summed E-state index contributed by atoms with van der Waals surface area (Å²) in [6.07, 6.45) is 1.14. The number of esters is 1. The first kappa shape index (κ1) is 15.1. The monoisotopic (exact) mass is 317 g/mol. The number of halogens is 2. The molecule has 0 aromatic heterocycles. The lowest BCUT2D eigenvalue weighted by molar-refractivity contribution is -0.140. The van der Waals surface area contributed by atoms with Crippen LogP contribution < -0.4 is 0 Å². The number of hydrogen-bond acceptors (Lipinski definition) is 3. The van der Waals surface area contributed by atoms with E-state index in [9.17, 15) is 9.18 Å². The first-order valence-corrected chi connectivity index (χ1v) is 6.51. The summed E-state index contributed by atoms with van der Waals surface area (Å²) in [5.74, 6) is -0.438. The van der Waals surface area contributed by atoms with Crippen molar-refractivity contribution >= 4 is 21.9 Å². The summed E-state index contributed by atoms with van der Waals surface area (Å²) in [6, 6.07) is 4.64. The van der Waals surface area contributed by atoms with Crippen LogP contribution in [0.15, 0.2) is 22.7 Å². The van der Waals surface area contributed by atoms with E-state index in [4.69, 9.17) is 0 Å². The summed E-state index contributed by atoms with van der Waals surface area (Å²) < 4.78 is 18.6. The van der Waals surface area contributed by atoms with Crippen LogP contribution in [0.1, 0.15) is 18.4 Å². The molecule has 1 aromatic carbocycles. The molecule has 0 fully saturated rings. The summed E-state index contributed by atoms with van der Waals surface area (Å²) in [4.78, 5) is 13.0. The van der Waals surface area contributed by atoms with Crippen LogP contribution in [-0.2, 0) is 16.1 Å². The molecule has 1 aromatic rings. The number of ether oxygens (including phenoxy) is 1.